The second kappa shape index (κ2) is 12.6. The Morgan fingerprint density at radius 2 is 1.25 bits per heavy atom. The van der Waals surface area contributed by atoms with Gasteiger partial charge in [0.15, 0.2) is 0 Å². The smallest absolute Gasteiger partial charge is 0.0109 e. The fourth-order valence-electron chi connectivity index (χ4n) is 3.08. The molecule has 1 heterocycles. The van der Waals surface area contributed by atoms with Crippen LogP contribution in [0, 0.1) is 0 Å². The number of nitrogens with zero attached hydrogens (tertiary/aromatic N) is 2. The lowest BCUT2D eigenvalue weighted by molar-refractivity contribution is 0.252. The van der Waals surface area contributed by atoms with Crippen molar-refractivity contribution in [3.05, 3.63) is 0 Å². The largest absolute Gasteiger partial charge is 0.330 e. The van der Waals surface area contributed by atoms with Gasteiger partial charge in [0.2, 0.25) is 0 Å². The van der Waals surface area contributed by atoms with E-state index in [1.807, 2.05) is 0 Å². The average Bonchev–Trinajstić information content (AvgIpc) is 2.69. The molecule has 0 saturated carbocycles. The fraction of sp³-hybridized carbons (Fsp3) is 1.00. The average molecular weight is 284 g/mol. The van der Waals surface area contributed by atoms with E-state index in [0.717, 1.165) is 13.0 Å². The third-order valence-electron chi connectivity index (χ3n) is 4.44. The lowest BCUT2D eigenvalue weighted by atomic mass is 10.1. The molecular weight excluding hydrogens is 246 g/mol. The highest BCUT2D eigenvalue weighted by Gasteiger charge is 2.13. The number of rotatable bonds is 11. The van der Waals surface area contributed by atoms with Crippen LogP contribution in [0.2, 0.25) is 0 Å². The Hall–Kier alpha value is -0.120. The molecule has 0 atom stereocenters. The highest BCUT2D eigenvalue weighted by atomic mass is 15.2. The molecule has 1 rings (SSSR count). The first kappa shape index (κ1) is 17.9. The van der Waals surface area contributed by atoms with Crippen LogP contribution >= 0.6 is 0 Å². The minimum Gasteiger partial charge on any atom is -0.330 e. The zero-order valence-corrected chi connectivity index (χ0v) is 13.8. The predicted octanol–water partition coefficient (Wildman–Crippen LogP) is 3.09. The van der Waals surface area contributed by atoms with Crippen molar-refractivity contribution in [3.63, 3.8) is 0 Å². The Bertz CT molecular complexity index is 208. The van der Waals surface area contributed by atoms with Crippen LogP contribution in [-0.4, -0.2) is 55.6 Å². The van der Waals surface area contributed by atoms with Crippen LogP contribution in [0.4, 0.5) is 0 Å². The number of hydrogen-bond acceptors (Lipinski definition) is 3. The molecule has 0 aliphatic carbocycles. The highest BCUT2D eigenvalue weighted by Crippen LogP contribution is 2.09. The van der Waals surface area contributed by atoms with E-state index < -0.39 is 0 Å². The Morgan fingerprint density at radius 1 is 0.700 bits per heavy atom. The summed E-state index contributed by atoms with van der Waals surface area (Å²) in [4.78, 5) is 5.27. The van der Waals surface area contributed by atoms with Crippen molar-refractivity contribution in [1.29, 1.82) is 0 Å². The van der Waals surface area contributed by atoms with E-state index in [9.17, 15) is 0 Å². The van der Waals surface area contributed by atoms with Crippen LogP contribution in [0.25, 0.3) is 0 Å². The van der Waals surface area contributed by atoms with Gasteiger partial charge in [0.05, 0.1) is 0 Å². The van der Waals surface area contributed by atoms with Gasteiger partial charge in [-0.25, -0.2) is 0 Å². The first-order chi connectivity index (χ1) is 9.86. The fourth-order valence-corrected chi connectivity index (χ4v) is 3.08. The molecule has 0 aromatic carbocycles. The van der Waals surface area contributed by atoms with E-state index in [4.69, 9.17) is 5.73 Å². The summed E-state index contributed by atoms with van der Waals surface area (Å²) >= 11 is 0. The molecule has 20 heavy (non-hydrogen) atoms. The second-order valence-corrected chi connectivity index (χ2v) is 6.30. The molecule has 1 saturated heterocycles. The molecular formula is C17H37N3. The summed E-state index contributed by atoms with van der Waals surface area (Å²) in [6, 6.07) is 0. The molecule has 0 spiro atoms. The quantitative estimate of drug-likeness (QED) is 0.591. The van der Waals surface area contributed by atoms with Gasteiger partial charge in [-0.1, -0.05) is 45.4 Å². The highest BCUT2D eigenvalue weighted by molar-refractivity contribution is 4.69. The summed E-state index contributed by atoms with van der Waals surface area (Å²) in [6.45, 7) is 10.7. The van der Waals surface area contributed by atoms with Crippen molar-refractivity contribution < 1.29 is 0 Å². The monoisotopic (exact) mass is 283 g/mol. The normalized spacial score (nSPS) is 18.3. The molecule has 0 radical (unpaired) electrons. The summed E-state index contributed by atoms with van der Waals surface area (Å²) in [7, 11) is 0. The van der Waals surface area contributed by atoms with Crippen LogP contribution in [0.5, 0.6) is 0 Å². The Balaban J connectivity index is 1.98. The number of unbranched alkanes of at least 4 members (excludes halogenated alkanes) is 6. The van der Waals surface area contributed by atoms with E-state index in [0.29, 0.717) is 0 Å². The minimum absolute atomic E-state index is 0.832. The van der Waals surface area contributed by atoms with E-state index in [-0.39, 0.29) is 0 Å². The van der Waals surface area contributed by atoms with Crippen molar-refractivity contribution >= 4 is 0 Å². The van der Waals surface area contributed by atoms with E-state index in [1.165, 1.54) is 90.6 Å². The van der Waals surface area contributed by atoms with Crippen molar-refractivity contribution in [2.24, 2.45) is 5.73 Å². The molecule has 120 valence electrons. The van der Waals surface area contributed by atoms with E-state index in [1.54, 1.807) is 0 Å². The third-order valence-corrected chi connectivity index (χ3v) is 4.44. The Morgan fingerprint density at radius 3 is 1.85 bits per heavy atom. The van der Waals surface area contributed by atoms with E-state index in [2.05, 4.69) is 16.7 Å². The van der Waals surface area contributed by atoms with Crippen LogP contribution in [-0.2, 0) is 0 Å². The maximum Gasteiger partial charge on any atom is 0.0109 e. The maximum atomic E-state index is 5.60. The first-order valence-corrected chi connectivity index (χ1v) is 9.01. The molecule has 0 aromatic heterocycles. The summed E-state index contributed by atoms with van der Waals surface area (Å²) in [5.41, 5.74) is 5.60. The van der Waals surface area contributed by atoms with Crippen molar-refractivity contribution in [2.45, 2.75) is 64.7 Å². The summed E-state index contributed by atoms with van der Waals surface area (Å²) in [6.07, 6.45) is 12.4. The summed E-state index contributed by atoms with van der Waals surface area (Å²) in [5, 5.41) is 0. The molecule has 0 unspecified atom stereocenters. The van der Waals surface area contributed by atoms with Gasteiger partial charge in [-0.05, 0) is 52.0 Å². The maximum absolute atomic E-state index is 5.60. The first-order valence-electron chi connectivity index (χ1n) is 9.01. The lowest BCUT2D eigenvalue weighted by Crippen LogP contribution is -2.32. The van der Waals surface area contributed by atoms with Crippen molar-refractivity contribution in [1.82, 2.24) is 9.80 Å². The third kappa shape index (κ3) is 8.93. The summed E-state index contributed by atoms with van der Waals surface area (Å²) < 4.78 is 0. The minimum atomic E-state index is 0.832. The Labute approximate surface area is 126 Å². The number of nitrogens with two attached hydrogens (primary N) is 1. The SMILES string of the molecule is CCCCCCCCCN1CCCN(CCCN)CC1. The molecule has 3 nitrogen and oxygen atoms in total. The van der Waals surface area contributed by atoms with Crippen molar-refractivity contribution in [3.8, 4) is 0 Å². The van der Waals surface area contributed by atoms with Gasteiger partial charge >= 0.3 is 0 Å². The standard InChI is InChI=1S/C17H37N3/c1-2-3-4-5-6-7-8-12-19-14-10-15-20(17-16-19)13-9-11-18/h2-18H2,1H3. The molecule has 1 aliphatic rings. The van der Waals surface area contributed by atoms with Crippen LogP contribution in [0.3, 0.4) is 0 Å². The molecule has 1 aliphatic heterocycles. The zero-order chi connectivity index (χ0) is 14.5. The van der Waals surface area contributed by atoms with Gasteiger partial charge in [-0.3, -0.25) is 0 Å². The predicted molar refractivity (Wildman–Crippen MR) is 89.2 cm³/mol. The molecule has 1 fully saturated rings. The van der Waals surface area contributed by atoms with Crippen molar-refractivity contribution in [2.75, 3.05) is 45.8 Å². The second-order valence-electron chi connectivity index (χ2n) is 6.30. The van der Waals surface area contributed by atoms with Gasteiger partial charge in [-0.15, -0.1) is 0 Å². The van der Waals surface area contributed by atoms with Crippen LogP contribution < -0.4 is 5.73 Å². The molecule has 0 bridgehead atoms. The van der Waals surface area contributed by atoms with E-state index >= 15 is 0 Å². The number of hydrogen-bond donors (Lipinski definition) is 1. The van der Waals surface area contributed by atoms with Gasteiger partial charge in [0, 0.05) is 13.1 Å². The van der Waals surface area contributed by atoms with Crippen LogP contribution in [0.1, 0.15) is 64.7 Å². The zero-order valence-electron chi connectivity index (χ0n) is 13.8. The van der Waals surface area contributed by atoms with Crippen LogP contribution in [0.15, 0.2) is 0 Å². The van der Waals surface area contributed by atoms with Gasteiger partial charge in [0.1, 0.15) is 0 Å². The molecule has 0 aromatic rings. The van der Waals surface area contributed by atoms with Gasteiger partial charge < -0.3 is 15.5 Å². The van der Waals surface area contributed by atoms with Gasteiger partial charge in [-0.2, -0.15) is 0 Å². The summed E-state index contributed by atoms with van der Waals surface area (Å²) in [5.74, 6) is 0. The molecule has 3 heteroatoms. The molecule has 0 amide bonds. The Kier molecular flexibility index (Phi) is 11.3. The lowest BCUT2D eigenvalue weighted by Gasteiger charge is -2.21. The van der Waals surface area contributed by atoms with Gasteiger partial charge in [0.25, 0.3) is 0 Å². The topological polar surface area (TPSA) is 32.5 Å². The molecule has 2 N–H and O–H groups in total.